The van der Waals surface area contributed by atoms with E-state index in [4.69, 9.17) is 4.74 Å². The fourth-order valence-electron chi connectivity index (χ4n) is 4.93. The first-order chi connectivity index (χ1) is 14.0. The SMILES string of the molecule is C=CCOc1ccc2c(c1)C1(CC2)CCC(Nc2cccc(Br)c2)(C(=O)O)CC1. The van der Waals surface area contributed by atoms with Crippen molar-refractivity contribution in [3.05, 3.63) is 70.7 Å². The highest BCUT2D eigenvalue weighted by atomic mass is 79.9. The molecule has 0 atom stereocenters. The number of anilines is 1. The molecule has 4 nitrogen and oxygen atoms in total. The Morgan fingerprint density at radius 1 is 1.17 bits per heavy atom. The number of nitrogens with one attached hydrogen (secondary N) is 1. The molecule has 0 heterocycles. The van der Waals surface area contributed by atoms with E-state index in [-0.39, 0.29) is 5.41 Å². The normalized spacial score (nSPS) is 25.4. The molecule has 2 N–H and O–H groups in total. The third kappa shape index (κ3) is 3.80. The van der Waals surface area contributed by atoms with E-state index in [9.17, 15) is 9.90 Å². The van der Waals surface area contributed by atoms with Crippen molar-refractivity contribution < 1.29 is 14.6 Å². The van der Waals surface area contributed by atoms with Crippen molar-refractivity contribution in [3.8, 4) is 5.75 Å². The van der Waals surface area contributed by atoms with Gasteiger partial charge in [0.1, 0.15) is 17.9 Å². The lowest BCUT2D eigenvalue weighted by Gasteiger charge is -2.44. The first-order valence-corrected chi connectivity index (χ1v) is 10.9. The van der Waals surface area contributed by atoms with Crippen molar-refractivity contribution in [2.24, 2.45) is 0 Å². The maximum Gasteiger partial charge on any atom is 0.329 e. The van der Waals surface area contributed by atoms with Gasteiger partial charge in [0.25, 0.3) is 0 Å². The molecule has 2 aromatic rings. The molecule has 1 saturated carbocycles. The second-order valence-electron chi connectivity index (χ2n) is 8.22. The van der Waals surface area contributed by atoms with Crippen LogP contribution in [0.1, 0.15) is 43.2 Å². The van der Waals surface area contributed by atoms with Crippen LogP contribution in [0.5, 0.6) is 5.75 Å². The minimum absolute atomic E-state index is 0.0563. The highest BCUT2D eigenvalue weighted by Gasteiger charge is 2.50. The number of benzene rings is 2. The van der Waals surface area contributed by atoms with Crippen LogP contribution in [0.3, 0.4) is 0 Å². The zero-order valence-corrected chi connectivity index (χ0v) is 18.0. The molecule has 0 radical (unpaired) electrons. The Morgan fingerprint density at radius 3 is 2.66 bits per heavy atom. The Hall–Kier alpha value is -2.27. The number of hydrogen-bond donors (Lipinski definition) is 2. The summed E-state index contributed by atoms with van der Waals surface area (Å²) >= 11 is 3.47. The molecule has 0 aliphatic heterocycles. The van der Waals surface area contributed by atoms with Gasteiger partial charge in [0.2, 0.25) is 0 Å². The molecule has 2 aromatic carbocycles. The topological polar surface area (TPSA) is 58.6 Å². The van der Waals surface area contributed by atoms with Gasteiger partial charge in [0.15, 0.2) is 0 Å². The standard InChI is InChI=1S/C24H26BrNO3/c1-2-14-29-20-7-6-17-8-9-23(21(17)16-20)10-12-24(13-11-23,22(27)28)26-19-5-3-4-18(25)15-19/h2-7,15-16,26H,1,8-14H2,(H,27,28). The molecular formula is C24H26BrNO3. The molecular weight excluding hydrogens is 430 g/mol. The number of carboxylic acid groups (broad SMARTS) is 1. The first-order valence-electron chi connectivity index (χ1n) is 10.1. The van der Waals surface area contributed by atoms with Crippen LogP contribution >= 0.6 is 15.9 Å². The van der Waals surface area contributed by atoms with Gasteiger partial charge in [-0.2, -0.15) is 0 Å². The monoisotopic (exact) mass is 455 g/mol. The minimum atomic E-state index is -0.925. The fraction of sp³-hybridized carbons (Fsp3) is 0.375. The number of aliphatic carboxylic acids is 1. The quantitative estimate of drug-likeness (QED) is 0.547. The molecule has 0 aromatic heterocycles. The summed E-state index contributed by atoms with van der Waals surface area (Å²) in [6.07, 6.45) is 6.81. The van der Waals surface area contributed by atoms with Gasteiger partial charge in [0, 0.05) is 10.2 Å². The third-order valence-corrected chi connectivity index (χ3v) is 7.06. The molecule has 152 valence electrons. The summed E-state index contributed by atoms with van der Waals surface area (Å²) in [6.45, 7) is 4.20. The van der Waals surface area contributed by atoms with Gasteiger partial charge < -0.3 is 15.2 Å². The lowest BCUT2D eigenvalue weighted by atomic mass is 9.64. The van der Waals surface area contributed by atoms with Gasteiger partial charge in [-0.25, -0.2) is 4.79 Å². The smallest absolute Gasteiger partial charge is 0.329 e. The molecule has 0 bridgehead atoms. The maximum absolute atomic E-state index is 12.3. The molecule has 0 amide bonds. The van der Waals surface area contributed by atoms with Crippen LogP contribution in [-0.4, -0.2) is 23.2 Å². The molecule has 1 spiro atoms. The minimum Gasteiger partial charge on any atom is -0.490 e. The lowest BCUT2D eigenvalue weighted by Crippen LogP contribution is -2.51. The summed E-state index contributed by atoms with van der Waals surface area (Å²) < 4.78 is 6.69. The van der Waals surface area contributed by atoms with E-state index in [1.165, 1.54) is 11.1 Å². The summed E-state index contributed by atoms with van der Waals surface area (Å²) in [5, 5.41) is 13.4. The van der Waals surface area contributed by atoms with Crippen LogP contribution in [0, 0.1) is 0 Å². The molecule has 1 fully saturated rings. The van der Waals surface area contributed by atoms with Gasteiger partial charge in [-0.1, -0.05) is 40.7 Å². The van der Waals surface area contributed by atoms with Gasteiger partial charge in [-0.15, -0.1) is 0 Å². The van der Waals surface area contributed by atoms with Gasteiger partial charge >= 0.3 is 5.97 Å². The summed E-state index contributed by atoms with van der Waals surface area (Å²) in [6, 6.07) is 14.1. The predicted molar refractivity (Wildman–Crippen MR) is 119 cm³/mol. The number of carbonyl (C=O) groups is 1. The van der Waals surface area contributed by atoms with Crippen LogP contribution in [0.15, 0.2) is 59.6 Å². The summed E-state index contributed by atoms with van der Waals surface area (Å²) in [7, 11) is 0. The van der Waals surface area contributed by atoms with Crippen LogP contribution < -0.4 is 10.1 Å². The largest absolute Gasteiger partial charge is 0.490 e. The van der Waals surface area contributed by atoms with Gasteiger partial charge in [-0.05, 0) is 85.4 Å². The number of rotatable bonds is 6. The van der Waals surface area contributed by atoms with E-state index in [1.807, 2.05) is 30.3 Å². The molecule has 29 heavy (non-hydrogen) atoms. The third-order valence-electron chi connectivity index (χ3n) is 6.57. The Labute approximate surface area is 180 Å². The number of hydrogen-bond acceptors (Lipinski definition) is 3. The Bertz CT molecular complexity index is 931. The van der Waals surface area contributed by atoms with E-state index >= 15 is 0 Å². The van der Waals surface area contributed by atoms with E-state index < -0.39 is 11.5 Å². The number of halogens is 1. The molecule has 4 rings (SSSR count). The van der Waals surface area contributed by atoms with Gasteiger partial charge in [-0.3, -0.25) is 0 Å². The number of aryl methyl sites for hydroxylation is 1. The number of carboxylic acids is 1. The molecule has 5 heteroatoms. The van der Waals surface area contributed by atoms with Gasteiger partial charge in [0.05, 0.1) is 0 Å². The highest BCUT2D eigenvalue weighted by molar-refractivity contribution is 9.10. The lowest BCUT2D eigenvalue weighted by molar-refractivity contribution is -0.144. The predicted octanol–water partition coefficient (Wildman–Crippen LogP) is 5.71. The highest BCUT2D eigenvalue weighted by Crippen LogP contribution is 2.52. The van der Waals surface area contributed by atoms with Crippen molar-refractivity contribution in [3.63, 3.8) is 0 Å². The van der Waals surface area contributed by atoms with Crippen LogP contribution in [-0.2, 0) is 16.6 Å². The van der Waals surface area contributed by atoms with Crippen LogP contribution in [0.25, 0.3) is 0 Å². The molecule has 0 unspecified atom stereocenters. The van der Waals surface area contributed by atoms with Crippen molar-refractivity contribution in [1.82, 2.24) is 0 Å². The summed E-state index contributed by atoms with van der Waals surface area (Å²) in [5.41, 5.74) is 2.69. The van der Waals surface area contributed by atoms with E-state index in [0.717, 1.165) is 41.6 Å². The zero-order chi connectivity index (χ0) is 20.5. The fourth-order valence-corrected chi connectivity index (χ4v) is 5.33. The Morgan fingerprint density at radius 2 is 1.97 bits per heavy atom. The zero-order valence-electron chi connectivity index (χ0n) is 16.4. The van der Waals surface area contributed by atoms with Crippen LogP contribution in [0.2, 0.25) is 0 Å². The molecule has 2 aliphatic carbocycles. The molecule has 2 aliphatic rings. The van der Waals surface area contributed by atoms with Crippen molar-refractivity contribution >= 4 is 27.6 Å². The first kappa shape index (κ1) is 20.0. The average Bonchev–Trinajstić information content (AvgIpc) is 3.06. The van der Waals surface area contributed by atoms with E-state index in [0.29, 0.717) is 19.4 Å². The summed E-state index contributed by atoms with van der Waals surface area (Å²) in [4.78, 5) is 12.3. The number of fused-ring (bicyclic) bond motifs is 2. The second-order valence-corrected chi connectivity index (χ2v) is 9.14. The van der Waals surface area contributed by atoms with Crippen LogP contribution in [0.4, 0.5) is 5.69 Å². The molecule has 0 saturated heterocycles. The number of ether oxygens (including phenoxy) is 1. The van der Waals surface area contributed by atoms with Crippen molar-refractivity contribution in [2.45, 2.75) is 49.5 Å². The Balaban J connectivity index is 1.57. The van der Waals surface area contributed by atoms with Crippen molar-refractivity contribution in [1.29, 1.82) is 0 Å². The van der Waals surface area contributed by atoms with E-state index in [2.05, 4.69) is 40.0 Å². The Kier molecular flexibility index (Phi) is 5.43. The van der Waals surface area contributed by atoms with Crippen molar-refractivity contribution in [2.75, 3.05) is 11.9 Å². The summed E-state index contributed by atoms with van der Waals surface area (Å²) in [5.74, 6) is 0.0980. The average molecular weight is 456 g/mol. The van der Waals surface area contributed by atoms with E-state index in [1.54, 1.807) is 6.08 Å². The maximum atomic E-state index is 12.3. The second kappa shape index (κ2) is 7.86.